The molecule has 1 aliphatic rings. The number of aliphatic hydroxyl groups excluding tert-OH is 1. The van der Waals surface area contributed by atoms with Crippen molar-refractivity contribution in [3.05, 3.63) is 65.2 Å². The first-order valence-electron chi connectivity index (χ1n) is 8.49. The molecule has 1 aliphatic heterocycles. The zero-order valence-electron chi connectivity index (χ0n) is 14.9. The Hall–Kier alpha value is -3.32. The summed E-state index contributed by atoms with van der Waals surface area (Å²) in [5, 5.41) is 20.7. The number of ketones is 1. The SMILES string of the molecule is COc1cc([C@@H]2C(=C(O)c3ccccc3)C(=O)C(=O)N2CC[NH3+])ccc1O. The number of methoxy groups -OCH3 is 1. The van der Waals surface area contributed by atoms with Gasteiger partial charge in [-0.15, -0.1) is 0 Å². The Labute approximate surface area is 156 Å². The van der Waals surface area contributed by atoms with Gasteiger partial charge in [-0.2, -0.15) is 0 Å². The molecule has 5 N–H and O–H groups in total. The number of aliphatic hydroxyl groups is 1. The van der Waals surface area contributed by atoms with Gasteiger partial charge in [0.1, 0.15) is 5.76 Å². The Morgan fingerprint density at radius 3 is 2.52 bits per heavy atom. The van der Waals surface area contributed by atoms with Crippen molar-refractivity contribution >= 4 is 17.4 Å². The van der Waals surface area contributed by atoms with E-state index in [0.29, 0.717) is 17.7 Å². The Bertz CT molecular complexity index is 908. The van der Waals surface area contributed by atoms with E-state index in [1.807, 2.05) is 0 Å². The van der Waals surface area contributed by atoms with Crippen molar-refractivity contribution in [2.75, 3.05) is 20.2 Å². The van der Waals surface area contributed by atoms with Crippen LogP contribution in [0.15, 0.2) is 54.1 Å². The summed E-state index contributed by atoms with van der Waals surface area (Å²) in [6.45, 7) is 0.661. The van der Waals surface area contributed by atoms with Gasteiger partial charge in [-0.25, -0.2) is 0 Å². The van der Waals surface area contributed by atoms with Gasteiger partial charge in [-0.05, 0) is 17.7 Å². The second-order valence-corrected chi connectivity index (χ2v) is 6.14. The second-order valence-electron chi connectivity index (χ2n) is 6.14. The minimum atomic E-state index is -0.790. The number of Topliss-reactive ketones (excluding diaryl/α,β-unsaturated/α-hetero) is 1. The predicted molar refractivity (Wildman–Crippen MR) is 97.9 cm³/mol. The van der Waals surface area contributed by atoms with E-state index in [9.17, 15) is 19.8 Å². The van der Waals surface area contributed by atoms with Crippen molar-refractivity contribution < 1.29 is 30.3 Å². The van der Waals surface area contributed by atoms with Gasteiger partial charge in [0.2, 0.25) is 0 Å². The number of hydrogen-bond donors (Lipinski definition) is 3. The standard InChI is InChI=1S/C20H20N2O5/c1-27-15-11-13(7-8-14(15)23)17-16(18(24)12-5-3-2-4-6-12)19(25)20(26)22(17)10-9-21/h2-8,11,17,23-24H,9-10,21H2,1H3/p+1/t17-/m1/s1. The van der Waals surface area contributed by atoms with Crippen LogP contribution >= 0.6 is 0 Å². The lowest BCUT2D eigenvalue weighted by molar-refractivity contribution is -0.368. The summed E-state index contributed by atoms with van der Waals surface area (Å²) in [6.07, 6.45) is 0. The molecule has 0 unspecified atom stereocenters. The average molecular weight is 369 g/mol. The van der Waals surface area contributed by atoms with Crippen molar-refractivity contribution in [1.29, 1.82) is 0 Å². The molecule has 0 radical (unpaired) electrons. The normalized spacial score (nSPS) is 18.7. The first-order chi connectivity index (χ1) is 13.0. The van der Waals surface area contributed by atoms with Crippen LogP contribution in [0.1, 0.15) is 17.2 Å². The zero-order valence-corrected chi connectivity index (χ0v) is 14.9. The highest BCUT2D eigenvalue weighted by Gasteiger charge is 2.46. The highest BCUT2D eigenvalue weighted by atomic mass is 16.5. The molecule has 27 heavy (non-hydrogen) atoms. The molecule has 7 nitrogen and oxygen atoms in total. The molecule has 1 saturated heterocycles. The predicted octanol–water partition coefficient (Wildman–Crippen LogP) is 1.06. The number of amides is 1. The summed E-state index contributed by atoms with van der Waals surface area (Å²) in [6, 6.07) is 12.4. The van der Waals surface area contributed by atoms with Gasteiger partial charge in [0, 0.05) is 5.56 Å². The highest BCUT2D eigenvalue weighted by molar-refractivity contribution is 6.46. The van der Waals surface area contributed by atoms with Crippen LogP contribution < -0.4 is 10.5 Å². The molecule has 1 heterocycles. The van der Waals surface area contributed by atoms with Crippen LogP contribution in [0.25, 0.3) is 5.76 Å². The monoisotopic (exact) mass is 369 g/mol. The van der Waals surface area contributed by atoms with Crippen molar-refractivity contribution in [3.8, 4) is 11.5 Å². The lowest BCUT2D eigenvalue weighted by Gasteiger charge is -2.24. The second kappa shape index (κ2) is 7.51. The van der Waals surface area contributed by atoms with E-state index in [2.05, 4.69) is 5.73 Å². The molecule has 2 aromatic rings. The number of hydrogen-bond acceptors (Lipinski definition) is 5. The molecule has 0 saturated carbocycles. The molecule has 0 bridgehead atoms. The van der Waals surface area contributed by atoms with Gasteiger partial charge in [0.25, 0.3) is 11.7 Å². The number of rotatable bonds is 5. The third kappa shape index (κ3) is 3.24. The van der Waals surface area contributed by atoms with E-state index in [0.717, 1.165) is 0 Å². The van der Waals surface area contributed by atoms with Gasteiger partial charge in [0.15, 0.2) is 11.5 Å². The smallest absolute Gasteiger partial charge is 0.295 e. The minimum absolute atomic E-state index is 0.00685. The third-order valence-corrected chi connectivity index (χ3v) is 4.51. The number of benzene rings is 2. The molecular weight excluding hydrogens is 348 g/mol. The van der Waals surface area contributed by atoms with Gasteiger partial charge < -0.3 is 25.6 Å². The molecule has 140 valence electrons. The van der Waals surface area contributed by atoms with Crippen molar-refractivity contribution in [1.82, 2.24) is 4.90 Å². The van der Waals surface area contributed by atoms with Crippen LogP contribution in [-0.4, -0.2) is 47.0 Å². The Kier molecular flexibility index (Phi) is 5.14. The zero-order chi connectivity index (χ0) is 19.6. The molecule has 1 amide bonds. The summed E-state index contributed by atoms with van der Waals surface area (Å²) in [4.78, 5) is 26.7. The molecule has 1 fully saturated rings. The van der Waals surface area contributed by atoms with E-state index in [1.165, 1.54) is 18.1 Å². The lowest BCUT2D eigenvalue weighted by Crippen LogP contribution is -2.55. The van der Waals surface area contributed by atoms with Crippen LogP contribution in [0.2, 0.25) is 0 Å². The van der Waals surface area contributed by atoms with Gasteiger partial charge in [0.05, 0.1) is 31.8 Å². The van der Waals surface area contributed by atoms with Gasteiger partial charge in [-0.3, -0.25) is 9.59 Å². The molecule has 3 rings (SSSR count). The largest absolute Gasteiger partial charge is 0.507 e. The number of likely N-dealkylation sites (tertiary alicyclic amines) is 1. The van der Waals surface area contributed by atoms with Gasteiger partial charge in [-0.1, -0.05) is 36.4 Å². The number of carbonyl (C=O) groups excluding carboxylic acids is 2. The summed E-state index contributed by atoms with van der Waals surface area (Å²) in [5.74, 6) is -1.52. The summed E-state index contributed by atoms with van der Waals surface area (Å²) in [7, 11) is 1.41. The van der Waals surface area contributed by atoms with Crippen LogP contribution in [-0.2, 0) is 9.59 Å². The number of quaternary nitrogens is 1. The maximum absolute atomic E-state index is 12.7. The van der Waals surface area contributed by atoms with Crippen LogP contribution in [0.3, 0.4) is 0 Å². The number of aromatic hydroxyl groups is 1. The number of nitrogens with zero attached hydrogens (tertiary/aromatic N) is 1. The van der Waals surface area contributed by atoms with Crippen LogP contribution in [0, 0.1) is 0 Å². The van der Waals surface area contributed by atoms with E-state index >= 15 is 0 Å². The number of phenolic OH excluding ortho intramolecular Hbond substituents is 1. The fraction of sp³-hybridized carbons (Fsp3) is 0.200. The average Bonchev–Trinajstić information content (AvgIpc) is 2.94. The van der Waals surface area contributed by atoms with E-state index < -0.39 is 17.7 Å². The maximum atomic E-state index is 12.7. The Morgan fingerprint density at radius 1 is 1.19 bits per heavy atom. The first kappa shape index (κ1) is 18.5. The highest BCUT2D eigenvalue weighted by Crippen LogP contribution is 2.41. The molecule has 2 aromatic carbocycles. The topological polar surface area (TPSA) is 115 Å². The molecule has 0 aliphatic carbocycles. The quantitative estimate of drug-likeness (QED) is 0.414. The van der Waals surface area contributed by atoms with Crippen LogP contribution in [0.4, 0.5) is 0 Å². The number of phenols is 1. The number of carbonyl (C=O) groups is 2. The van der Waals surface area contributed by atoms with Crippen molar-refractivity contribution in [2.45, 2.75) is 6.04 Å². The Balaban J connectivity index is 2.21. The number of ether oxygens (including phenoxy) is 1. The van der Waals surface area contributed by atoms with Crippen molar-refractivity contribution in [3.63, 3.8) is 0 Å². The Morgan fingerprint density at radius 2 is 1.89 bits per heavy atom. The van der Waals surface area contributed by atoms with Crippen LogP contribution in [0.5, 0.6) is 11.5 Å². The van der Waals surface area contributed by atoms with E-state index in [4.69, 9.17) is 4.74 Å². The van der Waals surface area contributed by atoms with Gasteiger partial charge >= 0.3 is 0 Å². The third-order valence-electron chi connectivity index (χ3n) is 4.51. The summed E-state index contributed by atoms with van der Waals surface area (Å²) < 4.78 is 5.15. The first-order valence-corrected chi connectivity index (χ1v) is 8.49. The summed E-state index contributed by atoms with van der Waals surface area (Å²) >= 11 is 0. The fourth-order valence-electron chi connectivity index (χ4n) is 3.24. The molecule has 7 heteroatoms. The maximum Gasteiger partial charge on any atom is 0.295 e. The molecular formula is C20H21N2O5+. The fourth-order valence-corrected chi connectivity index (χ4v) is 3.24. The molecule has 0 spiro atoms. The van der Waals surface area contributed by atoms with Crippen molar-refractivity contribution in [2.24, 2.45) is 0 Å². The summed E-state index contributed by atoms with van der Waals surface area (Å²) in [5.41, 5.74) is 4.77. The molecule has 0 aromatic heterocycles. The van der Waals surface area contributed by atoms with E-state index in [-0.39, 0.29) is 29.4 Å². The van der Waals surface area contributed by atoms with E-state index in [1.54, 1.807) is 42.5 Å². The molecule has 1 atom stereocenters. The lowest BCUT2D eigenvalue weighted by atomic mass is 9.95. The minimum Gasteiger partial charge on any atom is -0.507 e.